The molecule has 22 heavy (non-hydrogen) atoms. The second-order valence-corrected chi connectivity index (χ2v) is 5.81. The summed E-state index contributed by atoms with van der Waals surface area (Å²) in [7, 11) is 0. The maximum Gasteiger partial charge on any atom is 0.343 e. The Bertz CT molecular complexity index is 628. The van der Waals surface area contributed by atoms with E-state index in [0.29, 0.717) is 6.42 Å². The zero-order valence-corrected chi connectivity index (χ0v) is 11.8. The number of aliphatic carboxylic acids is 1. The van der Waals surface area contributed by atoms with Crippen molar-refractivity contribution in [3.63, 3.8) is 0 Å². The highest BCUT2D eigenvalue weighted by molar-refractivity contribution is 5.96. The molecular weight excluding hydrogens is 292 g/mol. The van der Waals surface area contributed by atoms with Crippen LogP contribution < -0.4 is 0 Å². The Hall–Kier alpha value is -2.45. The smallest absolute Gasteiger partial charge is 0.343 e. The lowest BCUT2D eigenvalue weighted by Crippen LogP contribution is -2.46. The molecule has 1 saturated heterocycles. The van der Waals surface area contributed by atoms with E-state index in [0.717, 1.165) is 31.7 Å². The van der Waals surface area contributed by atoms with E-state index >= 15 is 0 Å². The number of amides is 1. The average Bonchev–Trinajstić information content (AvgIpc) is 3.11. The molecule has 1 aromatic heterocycles. The Morgan fingerprint density at radius 1 is 1.41 bits per heavy atom. The standard InChI is InChI=1S/C13H16N4O5/c18-12(8-6-11(15-14-8)17(21)22)16-9-4-2-1-3-7(9)5-10(16)13(19)20/h6-7,9-10H,1-5H2,(H,14,15)(H,19,20). The van der Waals surface area contributed by atoms with Gasteiger partial charge >= 0.3 is 11.8 Å². The number of carboxylic acids is 1. The molecule has 2 heterocycles. The van der Waals surface area contributed by atoms with Crippen LogP contribution in [0.15, 0.2) is 6.07 Å². The number of fused-ring (bicyclic) bond motifs is 1. The van der Waals surface area contributed by atoms with Crippen LogP contribution in [0.5, 0.6) is 0 Å². The summed E-state index contributed by atoms with van der Waals surface area (Å²) in [6.07, 6.45) is 4.13. The van der Waals surface area contributed by atoms with Crippen LogP contribution in [0.4, 0.5) is 5.82 Å². The lowest BCUT2D eigenvalue weighted by molar-refractivity contribution is -0.389. The van der Waals surface area contributed by atoms with Gasteiger partial charge in [0.1, 0.15) is 6.04 Å². The monoisotopic (exact) mass is 308 g/mol. The first kappa shape index (κ1) is 14.5. The first-order valence-electron chi connectivity index (χ1n) is 7.24. The highest BCUT2D eigenvalue weighted by Crippen LogP contribution is 2.40. The first-order valence-corrected chi connectivity index (χ1v) is 7.24. The summed E-state index contributed by atoms with van der Waals surface area (Å²) < 4.78 is 0. The molecule has 3 atom stereocenters. The second kappa shape index (κ2) is 5.39. The number of carbonyl (C=O) groups excluding carboxylic acids is 1. The molecule has 3 unspecified atom stereocenters. The van der Waals surface area contributed by atoms with Crippen LogP contribution in [-0.2, 0) is 4.79 Å². The van der Waals surface area contributed by atoms with Crippen molar-refractivity contribution in [3.8, 4) is 0 Å². The van der Waals surface area contributed by atoms with Crippen LogP contribution in [-0.4, -0.2) is 49.1 Å². The van der Waals surface area contributed by atoms with E-state index in [1.54, 1.807) is 0 Å². The maximum absolute atomic E-state index is 12.6. The number of carbonyl (C=O) groups is 2. The molecule has 2 aliphatic rings. The number of likely N-dealkylation sites (tertiary alicyclic amines) is 1. The lowest BCUT2D eigenvalue weighted by Gasteiger charge is -2.32. The summed E-state index contributed by atoms with van der Waals surface area (Å²) in [5.41, 5.74) is -0.107. The number of nitro groups is 1. The minimum Gasteiger partial charge on any atom is -0.480 e. The van der Waals surface area contributed by atoms with E-state index < -0.39 is 22.8 Å². The first-order chi connectivity index (χ1) is 10.5. The minimum atomic E-state index is -1.03. The topological polar surface area (TPSA) is 129 Å². The zero-order chi connectivity index (χ0) is 15.9. The fraction of sp³-hybridized carbons (Fsp3) is 0.615. The Balaban J connectivity index is 1.89. The number of aromatic nitrogens is 2. The fourth-order valence-corrected chi connectivity index (χ4v) is 3.62. The molecule has 2 fully saturated rings. The number of nitrogens with zero attached hydrogens (tertiary/aromatic N) is 3. The van der Waals surface area contributed by atoms with E-state index in [1.807, 2.05) is 0 Å². The predicted molar refractivity (Wildman–Crippen MR) is 73.2 cm³/mol. The SMILES string of the molecule is O=C(O)C1CC2CCCCC2N1C(=O)c1cc([N+](=O)[O-])[nH]n1. The van der Waals surface area contributed by atoms with Gasteiger partial charge in [0, 0.05) is 6.04 Å². The van der Waals surface area contributed by atoms with Crippen LogP contribution in [0.2, 0.25) is 0 Å². The van der Waals surface area contributed by atoms with Gasteiger partial charge in [-0.3, -0.25) is 4.79 Å². The molecule has 3 rings (SSSR count). The highest BCUT2D eigenvalue weighted by atomic mass is 16.6. The van der Waals surface area contributed by atoms with Gasteiger partial charge in [-0.1, -0.05) is 17.9 Å². The number of hydrogen-bond acceptors (Lipinski definition) is 5. The lowest BCUT2D eigenvalue weighted by atomic mass is 9.84. The number of aromatic amines is 1. The summed E-state index contributed by atoms with van der Waals surface area (Å²) in [6, 6.07) is 0.0617. The van der Waals surface area contributed by atoms with E-state index in [4.69, 9.17) is 0 Å². The molecular formula is C13H16N4O5. The van der Waals surface area contributed by atoms with Crippen molar-refractivity contribution in [3.05, 3.63) is 21.9 Å². The van der Waals surface area contributed by atoms with Crippen molar-refractivity contribution in [1.82, 2.24) is 15.1 Å². The van der Waals surface area contributed by atoms with E-state index in [9.17, 15) is 24.8 Å². The summed E-state index contributed by atoms with van der Waals surface area (Å²) in [5.74, 6) is -1.78. The molecule has 0 aromatic carbocycles. The second-order valence-electron chi connectivity index (χ2n) is 5.81. The Kier molecular flexibility index (Phi) is 3.55. The Labute approximate surface area is 125 Å². The third-order valence-electron chi connectivity index (χ3n) is 4.59. The molecule has 0 radical (unpaired) electrons. The molecule has 1 aliphatic carbocycles. The van der Waals surface area contributed by atoms with Crippen LogP contribution in [0.25, 0.3) is 0 Å². The van der Waals surface area contributed by atoms with E-state index in [-0.39, 0.29) is 23.5 Å². The predicted octanol–water partition coefficient (Wildman–Crippen LogP) is 1.18. The molecule has 9 nitrogen and oxygen atoms in total. The van der Waals surface area contributed by atoms with Crippen molar-refractivity contribution in [2.45, 2.75) is 44.2 Å². The van der Waals surface area contributed by atoms with Gasteiger partial charge in [-0.15, -0.1) is 5.10 Å². The number of carboxylic acid groups (broad SMARTS) is 1. The van der Waals surface area contributed by atoms with Crippen LogP contribution >= 0.6 is 0 Å². The van der Waals surface area contributed by atoms with Crippen molar-refractivity contribution in [1.29, 1.82) is 0 Å². The molecule has 1 aromatic rings. The zero-order valence-electron chi connectivity index (χ0n) is 11.8. The molecule has 9 heteroatoms. The van der Waals surface area contributed by atoms with Gasteiger partial charge in [0.15, 0.2) is 5.69 Å². The molecule has 0 bridgehead atoms. The fourth-order valence-electron chi connectivity index (χ4n) is 3.62. The maximum atomic E-state index is 12.6. The van der Waals surface area contributed by atoms with Gasteiger partial charge in [0.2, 0.25) is 0 Å². The van der Waals surface area contributed by atoms with Crippen LogP contribution in [0.1, 0.15) is 42.6 Å². The number of nitrogens with one attached hydrogen (secondary N) is 1. The number of H-pyrrole nitrogens is 1. The quantitative estimate of drug-likeness (QED) is 0.637. The van der Waals surface area contributed by atoms with Gasteiger partial charge in [-0.05, 0) is 30.1 Å². The largest absolute Gasteiger partial charge is 0.480 e. The van der Waals surface area contributed by atoms with E-state index in [2.05, 4.69) is 10.2 Å². The Morgan fingerprint density at radius 3 is 2.77 bits per heavy atom. The molecule has 1 amide bonds. The third-order valence-corrected chi connectivity index (χ3v) is 4.59. The van der Waals surface area contributed by atoms with Gasteiger partial charge in [-0.25, -0.2) is 4.79 Å². The van der Waals surface area contributed by atoms with Crippen LogP contribution in [0.3, 0.4) is 0 Å². The summed E-state index contributed by atoms with van der Waals surface area (Å²) in [4.78, 5) is 35.5. The molecule has 2 N–H and O–H groups in total. The van der Waals surface area contributed by atoms with Crippen LogP contribution in [0, 0.1) is 16.0 Å². The number of hydrogen-bond donors (Lipinski definition) is 2. The van der Waals surface area contributed by atoms with Gasteiger partial charge < -0.3 is 20.1 Å². The highest BCUT2D eigenvalue weighted by Gasteiger charge is 2.48. The minimum absolute atomic E-state index is 0.107. The molecule has 1 saturated carbocycles. The Morgan fingerprint density at radius 2 is 2.14 bits per heavy atom. The van der Waals surface area contributed by atoms with Crippen molar-refractivity contribution >= 4 is 17.7 Å². The summed E-state index contributed by atoms with van der Waals surface area (Å²) in [6.45, 7) is 0. The summed E-state index contributed by atoms with van der Waals surface area (Å²) >= 11 is 0. The van der Waals surface area contributed by atoms with Gasteiger partial charge in [-0.2, -0.15) is 0 Å². The molecule has 0 spiro atoms. The average molecular weight is 308 g/mol. The summed E-state index contributed by atoms with van der Waals surface area (Å²) in [5, 5.41) is 25.9. The third kappa shape index (κ3) is 2.32. The van der Waals surface area contributed by atoms with Crippen molar-refractivity contribution in [2.24, 2.45) is 5.92 Å². The van der Waals surface area contributed by atoms with Gasteiger partial charge in [0.25, 0.3) is 5.91 Å². The normalized spacial score (nSPS) is 27.5. The van der Waals surface area contributed by atoms with Crippen molar-refractivity contribution < 1.29 is 19.6 Å². The number of rotatable bonds is 3. The molecule has 118 valence electrons. The van der Waals surface area contributed by atoms with Gasteiger partial charge in [0.05, 0.1) is 6.07 Å². The van der Waals surface area contributed by atoms with Crippen molar-refractivity contribution in [2.75, 3.05) is 0 Å². The molecule has 1 aliphatic heterocycles. The van der Waals surface area contributed by atoms with E-state index in [1.165, 1.54) is 4.90 Å².